The minimum atomic E-state index is -0.785. The van der Waals surface area contributed by atoms with Crippen LogP contribution in [-0.4, -0.2) is 88.7 Å². The number of piperidine rings is 1. The van der Waals surface area contributed by atoms with Crippen molar-refractivity contribution < 1.29 is 19.4 Å². The van der Waals surface area contributed by atoms with Crippen molar-refractivity contribution in [2.45, 2.75) is 43.7 Å². The number of aliphatic hydroxyl groups excluding tert-OH is 1. The summed E-state index contributed by atoms with van der Waals surface area (Å²) in [6.45, 7) is 2.05. The summed E-state index contributed by atoms with van der Waals surface area (Å²) in [7, 11) is 0. The van der Waals surface area contributed by atoms with Crippen LogP contribution in [-0.2, 0) is 14.3 Å². The number of likely N-dealkylation sites (tertiary alicyclic amines) is 2. The van der Waals surface area contributed by atoms with Crippen LogP contribution in [0.25, 0.3) is 5.82 Å². The number of hydrogen-bond acceptors (Lipinski definition) is 10. The first kappa shape index (κ1) is 20.4. The van der Waals surface area contributed by atoms with E-state index in [0.717, 1.165) is 45.2 Å². The highest BCUT2D eigenvalue weighted by molar-refractivity contribution is 5.92. The third-order valence-electron chi connectivity index (χ3n) is 7.39. The second-order valence-electron chi connectivity index (χ2n) is 9.44. The molecule has 5 heterocycles. The fraction of sp³-hybridized carbons (Fsp3) is 0.571. The summed E-state index contributed by atoms with van der Waals surface area (Å²) in [4.78, 5) is 37.7. The maximum Gasteiger partial charge on any atom is 0.333 e. The molecule has 0 radical (unpaired) electrons. The van der Waals surface area contributed by atoms with Crippen LogP contribution < -0.4 is 0 Å². The summed E-state index contributed by atoms with van der Waals surface area (Å²) in [5.41, 5.74) is 0.665. The van der Waals surface area contributed by atoms with Crippen molar-refractivity contribution in [3.05, 3.63) is 36.2 Å². The van der Waals surface area contributed by atoms with Crippen LogP contribution >= 0.6 is 0 Å². The molecule has 0 aromatic carbocycles. The number of aliphatic hydroxyl groups is 1. The molecule has 33 heavy (non-hydrogen) atoms. The standard InChI is InChI=1S/C21H24N8O4/c30-16(15-8-23-17(9-22-15)28-13-24-25-26-28)10-27-5-3-20(4-6-27)12-21(1-2-21)29(19(20)32)14-7-18(31)33-11-14/h7-9,13,16,30H,1-6,10-12H2/t16-/m0/s1. The SMILES string of the molecule is O=C1C=C(N2C(=O)C3(CCN(C[C@H](O)c4cnc(-n5cnnn5)cn4)CC3)CC23CC3)CO1. The lowest BCUT2D eigenvalue weighted by atomic mass is 9.75. The topological polar surface area (TPSA) is 139 Å². The first-order valence-corrected chi connectivity index (χ1v) is 11.2. The number of nitrogens with zero attached hydrogens (tertiary/aromatic N) is 8. The van der Waals surface area contributed by atoms with Gasteiger partial charge < -0.3 is 19.6 Å². The molecule has 1 amide bonds. The van der Waals surface area contributed by atoms with Gasteiger partial charge in [0.15, 0.2) is 5.82 Å². The van der Waals surface area contributed by atoms with Crippen LogP contribution in [0.2, 0.25) is 0 Å². The molecular formula is C21H24N8O4. The van der Waals surface area contributed by atoms with Crippen molar-refractivity contribution in [1.29, 1.82) is 0 Å². The van der Waals surface area contributed by atoms with E-state index in [1.807, 2.05) is 4.90 Å². The Labute approximate surface area is 189 Å². The summed E-state index contributed by atoms with van der Waals surface area (Å²) in [5.74, 6) is 0.236. The Morgan fingerprint density at radius 2 is 1.94 bits per heavy atom. The molecule has 2 aromatic heterocycles. The zero-order chi connectivity index (χ0) is 22.6. The summed E-state index contributed by atoms with van der Waals surface area (Å²) < 4.78 is 6.47. The number of ether oxygens (including phenoxy) is 1. The molecule has 1 N–H and O–H groups in total. The van der Waals surface area contributed by atoms with Gasteiger partial charge >= 0.3 is 5.97 Å². The molecule has 0 bridgehead atoms. The zero-order valence-corrected chi connectivity index (χ0v) is 18.0. The van der Waals surface area contributed by atoms with Crippen LogP contribution in [0, 0.1) is 5.41 Å². The third-order valence-corrected chi connectivity index (χ3v) is 7.39. The molecule has 1 aliphatic carbocycles. The Kier molecular flexibility index (Phi) is 4.56. The van der Waals surface area contributed by atoms with Crippen molar-refractivity contribution in [2.75, 3.05) is 26.2 Å². The van der Waals surface area contributed by atoms with Gasteiger partial charge in [-0.3, -0.25) is 9.78 Å². The highest BCUT2D eigenvalue weighted by Crippen LogP contribution is 2.60. The van der Waals surface area contributed by atoms with Crippen molar-refractivity contribution in [3.8, 4) is 5.82 Å². The Bertz CT molecular complexity index is 1100. The Balaban J connectivity index is 1.09. The quantitative estimate of drug-likeness (QED) is 0.605. The Morgan fingerprint density at radius 1 is 1.12 bits per heavy atom. The summed E-state index contributed by atoms with van der Waals surface area (Å²) in [5, 5.41) is 21.6. The zero-order valence-electron chi connectivity index (χ0n) is 18.0. The fourth-order valence-electron chi connectivity index (χ4n) is 5.49. The van der Waals surface area contributed by atoms with Crippen molar-refractivity contribution in [1.82, 2.24) is 40.0 Å². The van der Waals surface area contributed by atoms with E-state index in [4.69, 9.17) is 4.74 Å². The second-order valence-corrected chi connectivity index (χ2v) is 9.44. The van der Waals surface area contributed by atoms with Gasteiger partial charge in [0.05, 0.1) is 29.2 Å². The number of esters is 1. The van der Waals surface area contributed by atoms with E-state index in [2.05, 4.69) is 30.4 Å². The highest BCUT2D eigenvalue weighted by Gasteiger charge is 2.65. The molecule has 1 saturated carbocycles. The number of aromatic nitrogens is 6. The van der Waals surface area contributed by atoms with Gasteiger partial charge in [0.25, 0.3) is 0 Å². The van der Waals surface area contributed by atoms with Gasteiger partial charge in [-0.15, -0.1) is 5.10 Å². The van der Waals surface area contributed by atoms with Crippen molar-refractivity contribution in [3.63, 3.8) is 0 Å². The molecule has 3 fully saturated rings. The average Bonchev–Trinajstić information content (AvgIpc) is 3.16. The van der Waals surface area contributed by atoms with Crippen LogP contribution in [0.15, 0.2) is 30.5 Å². The first-order valence-electron chi connectivity index (χ1n) is 11.2. The Morgan fingerprint density at radius 3 is 2.55 bits per heavy atom. The number of tetrazole rings is 1. The maximum atomic E-state index is 13.5. The monoisotopic (exact) mass is 452 g/mol. The van der Waals surface area contributed by atoms with E-state index in [9.17, 15) is 14.7 Å². The normalized spacial score (nSPS) is 24.4. The molecule has 6 rings (SSSR count). The molecule has 12 nitrogen and oxygen atoms in total. The van der Waals surface area contributed by atoms with E-state index in [0.29, 0.717) is 23.8 Å². The molecule has 1 atom stereocenters. The lowest BCUT2D eigenvalue weighted by Crippen LogP contribution is -2.45. The van der Waals surface area contributed by atoms with Crippen LogP contribution in [0.3, 0.4) is 0 Å². The Hall–Kier alpha value is -3.25. The molecule has 2 aromatic rings. The molecule has 2 spiro atoms. The van der Waals surface area contributed by atoms with E-state index >= 15 is 0 Å². The van der Waals surface area contributed by atoms with Gasteiger partial charge in [-0.2, -0.15) is 4.68 Å². The first-order chi connectivity index (χ1) is 16.0. The second kappa shape index (κ2) is 7.39. The lowest BCUT2D eigenvalue weighted by Gasteiger charge is -2.38. The van der Waals surface area contributed by atoms with Gasteiger partial charge in [0, 0.05) is 18.2 Å². The van der Waals surface area contributed by atoms with Crippen molar-refractivity contribution >= 4 is 11.9 Å². The number of carbonyl (C=O) groups is 2. The van der Waals surface area contributed by atoms with Gasteiger partial charge in [-0.25, -0.2) is 9.78 Å². The van der Waals surface area contributed by atoms with E-state index in [-0.39, 0.29) is 24.0 Å². The smallest absolute Gasteiger partial charge is 0.333 e. The largest absolute Gasteiger partial charge is 0.456 e. The van der Waals surface area contributed by atoms with Crippen LogP contribution in [0.5, 0.6) is 0 Å². The predicted molar refractivity (Wildman–Crippen MR) is 110 cm³/mol. The highest BCUT2D eigenvalue weighted by atomic mass is 16.5. The number of carbonyl (C=O) groups excluding carboxylic acids is 2. The summed E-state index contributed by atoms with van der Waals surface area (Å²) in [6, 6.07) is 0. The van der Waals surface area contributed by atoms with E-state index in [1.54, 1.807) is 0 Å². The average molecular weight is 452 g/mol. The number of β-amino-alcohol motifs (C(OH)–C–C–N with tert-alkyl or cyclic N) is 1. The predicted octanol–water partition coefficient (Wildman–Crippen LogP) is -0.226. The molecule has 2 saturated heterocycles. The summed E-state index contributed by atoms with van der Waals surface area (Å²) in [6.07, 6.45) is 9.43. The fourth-order valence-corrected chi connectivity index (χ4v) is 5.49. The maximum absolute atomic E-state index is 13.5. The molecule has 172 valence electrons. The number of amides is 1. The van der Waals surface area contributed by atoms with E-state index < -0.39 is 11.5 Å². The van der Waals surface area contributed by atoms with Gasteiger partial charge in [-0.05, 0) is 55.6 Å². The molecular weight excluding hydrogens is 428 g/mol. The minimum absolute atomic E-state index is 0.129. The number of hydrogen-bond donors (Lipinski definition) is 1. The number of cyclic esters (lactones) is 1. The van der Waals surface area contributed by atoms with Gasteiger partial charge in [-0.1, -0.05) is 0 Å². The molecule has 3 aliphatic heterocycles. The molecule has 4 aliphatic rings. The molecule has 0 unspecified atom stereocenters. The van der Waals surface area contributed by atoms with Crippen molar-refractivity contribution in [2.24, 2.45) is 5.41 Å². The van der Waals surface area contributed by atoms with Crippen LogP contribution in [0.1, 0.15) is 43.9 Å². The van der Waals surface area contributed by atoms with Crippen LogP contribution in [0.4, 0.5) is 0 Å². The lowest BCUT2D eigenvalue weighted by molar-refractivity contribution is -0.139. The van der Waals surface area contributed by atoms with Gasteiger partial charge in [0.1, 0.15) is 19.0 Å². The minimum Gasteiger partial charge on any atom is -0.456 e. The molecule has 12 heteroatoms. The van der Waals surface area contributed by atoms with Gasteiger partial charge in [0.2, 0.25) is 5.91 Å². The number of rotatable bonds is 5. The summed E-state index contributed by atoms with van der Waals surface area (Å²) >= 11 is 0. The third kappa shape index (κ3) is 3.40. The van der Waals surface area contributed by atoms with E-state index in [1.165, 1.54) is 29.5 Å².